The second-order valence-electron chi connectivity index (χ2n) is 15.3. The number of aliphatic hydroxyl groups excluding tert-OH is 1. The van der Waals surface area contributed by atoms with Gasteiger partial charge in [-0.1, -0.05) is 103 Å². The molecule has 3 heterocycles. The number of carbonyl (C=O) groups excluding carboxylic acids is 6. The summed E-state index contributed by atoms with van der Waals surface area (Å²) in [6, 6.07) is 30.3. The van der Waals surface area contributed by atoms with E-state index in [1.54, 1.807) is 29.6 Å². The number of amides is 6. The molecule has 0 unspecified atom stereocenters. The Labute approximate surface area is 374 Å². The van der Waals surface area contributed by atoms with Crippen molar-refractivity contribution in [1.82, 2.24) is 26.6 Å². The monoisotopic (exact) mass is 908 g/mol. The van der Waals surface area contributed by atoms with Gasteiger partial charge in [-0.3, -0.25) is 33.3 Å². The van der Waals surface area contributed by atoms with Gasteiger partial charge in [-0.05, 0) is 64.2 Å². The molecule has 0 saturated carbocycles. The molecule has 1 aromatic heterocycles. The maximum atomic E-state index is 14.6. The van der Waals surface area contributed by atoms with Crippen LogP contribution >= 0.6 is 11.3 Å². The third kappa shape index (κ3) is 14.1. The van der Waals surface area contributed by atoms with E-state index in [1.165, 1.54) is 35.6 Å². The maximum absolute atomic E-state index is 14.6. The Bertz CT molecular complexity index is 2510. The third-order valence-electron chi connectivity index (χ3n) is 10.4. The van der Waals surface area contributed by atoms with Crippen molar-refractivity contribution in [3.63, 3.8) is 0 Å². The quantitative estimate of drug-likeness (QED) is 0.0711. The minimum Gasteiger partial charge on any atom is -0.383 e. The van der Waals surface area contributed by atoms with Gasteiger partial charge in [-0.25, -0.2) is 0 Å². The van der Waals surface area contributed by atoms with Crippen molar-refractivity contribution < 1.29 is 46.8 Å². The van der Waals surface area contributed by atoms with Crippen LogP contribution in [0.3, 0.4) is 0 Å². The summed E-state index contributed by atoms with van der Waals surface area (Å²) in [4.78, 5) is 83.7. The van der Waals surface area contributed by atoms with Crippen LogP contribution in [0.2, 0.25) is 0 Å². The van der Waals surface area contributed by atoms with Gasteiger partial charge in [-0.2, -0.15) is 8.42 Å². The summed E-state index contributed by atoms with van der Waals surface area (Å²) < 4.78 is 32.5. The van der Waals surface area contributed by atoms with Crippen LogP contribution in [0.25, 0.3) is 11.1 Å². The molecule has 4 aromatic carbocycles. The first-order valence-corrected chi connectivity index (χ1v) is 22.9. The number of nitrogens with one attached hydrogen (secondary N) is 6. The van der Waals surface area contributed by atoms with Crippen LogP contribution in [0, 0.1) is 0 Å². The van der Waals surface area contributed by atoms with Gasteiger partial charge >= 0.3 is 0 Å². The summed E-state index contributed by atoms with van der Waals surface area (Å²) in [7, 11) is -4.66. The fraction of sp³-hybridized carbons (Fsp3) is 0.261. The number of fused-ring (bicyclic) bond motifs is 18. The van der Waals surface area contributed by atoms with E-state index in [0.717, 1.165) is 21.6 Å². The fourth-order valence-electron chi connectivity index (χ4n) is 6.99. The van der Waals surface area contributed by atoms with Crippen LogP contribution in [0.5, 0.6) is 0 Å². The molecule has 0 fully saturated rings. The summed E-state index contributed by atoms with van der Waals surface area (Å²) in [5.41, 5.74) is 4.01. The van der Waals surface area contributed by atoms with Gasteiger partial charge in [0.05, 0.1) is 6.42 Å². The predicted octanol–water partition coefficient (Wildman–Crippen LogP) is 2.68. The van der Waals surface area contributed by atoms with E-state index in [2.05, 4.69) is 31.9 Å². The smallest absolute Gasteiger partial charge is 0.283 e. The Morgan fingerprint density at radius 3 is 1.89 bits per heavy atom. The van der Waals surface area contributed by atoms with Crippen molar-refractivity contribution in [2.24, 2.45) is 0 Å². The van der Waals surface area contributed by atoms with Crippen molar-refractivity contribution >= 4 is 62.6 Å². The molecule has 16 nitrogen and oxygen atoms in total. The lowest BCUT2D eigenvalue weighted by Gasteiger charge is -2.27. The Morgan fingerprint density at radius 1 is 0.641 bits per heavy atom. The largest absolute Gasteiger partial charge is 0.383 e. The topological polar surface area (TPSA) is 249 Å². The van der Waals surface area contributed by atoms with E-state index in [1.807, 2.05) is 72.8 Å². The average Bonchev–Trinajstić information content (AvgIpc) is 3.80. The SMILES string of the molecule is O=C1C[C@@H](O)C(=O)Nc2ccc(cc2)C[C@@H](C(=O)NCS(=O)(=O)O)NC(=O)[C@@H](CCc2ccccc2)NC(=O)[C@H](Cc2ccc(-c3ccccc3)cc2)NC(=O)[C@@H](Cc2cccs2)N1. The summed E-state index contributed by atoms with van der Waals surface area (Å²) in [5, 5.41) is 28.0. The molecule has 5 aromatic rings. The number of hydrogen-bond donors (Lipinski definition) is 8. The van der Waals surface area contributed by atoms with Crippen LogP contribution in [0.1, 0.15) is 34.4 Å². The molecule has 0 saturated heterocycles. The van der Waals surface area contributed by atoms with Gasteiger partial charge in [0.1, 0.15) is 36.1 Å². The van der Waals surface area contributed by atoms with Gasteiger partial charge < -0.3 is 37.0 Å². The van der Waals surface area contributed by atoms with E-state index in [0.29, 0.717) is 17.5 Å². The first-order valence-electron chi connectivity index (χ1n) is 20.4. The number of aliphatic hydroxyl groups is 1. The summed E-state index contributed by atoms with van der Waals surface area (Å²) in [5.74, 6) is -6.16. The normalized spacial score (nSPS) is 20.4. The van der Waals surface area contributed by atoms with E-state index in [-0.39, 0.29) is 31.4 Å². The minimum atomic E-state index is -4.66. The molecule has 334 valence electrons. The van der Waals surface area contributed by atoms with Crippen molar-refractivity contribution in [1.29, 1.82) is 0 Å². The minimum absolute atomic E-state index is 0.00708. The van der Waals surface area contributed by atoms with Crippen LogP contribution in [0.4, 0.5) is 5.69 Å². The highest BCUT2D eigenvalue weighted by atomic mass is 32.2. The highest BCUT2D eigenvalue weighted by molar-refractivity contribution is 7.85. The maximum Gasteiger partial charge on any atom is 0.283 e. The molecule has 0 spiro atoms. The second kappa shape index (κ2) is 22.1. The first kappa shape index (κ1) is 46.8. The van der Waals surface area contributed by atoms with Gasteiger partial charge in [-0.15, -0.1) is 11.3 Å². The molecule has 2 aliphatic heterocycles. The van der Waals surface area contributed by atoms with Crippen LogP contribution < -0.4 is 31.9 Å². The Balaban J connectivity index is 1.37. The number of benzene rings is 4. The Kier molecular flexibility index (Phi) is 16.1. The van der Waals surface area contributed by atoms with Crippen molar-refractivity contribution in [3.8, 4) is 11.1 Å². The molecule has 6 amide bonds. The zero-order chi connectivity index (χ0) is 45.6. The van der Waals surface area contributed by atoms with E-state index in [9.17, 15) is 46.8 Å². The predicted molar refractivity (Wildman–Crippen MR) is 240 cm³/mol. The van der Waals surface area contributed by atoms with Gasteiger partial charge in [0, 0.05) is 29.8 Å². The van der Waals surface area contributed by atoms with Crippen molar-refractivity contribution in [3.05, 3.63) is 148 Å². The number of rotatable bonds is 11. The molecule has 64 heavy (non-hydrogen) atoms. The van der Waals surface area contributed by atoms with Crippen molar-refractivity contribution in [2.45, 2.75) is 68.8 Å². The molecule has 2 bridgehead atoms. The van der Waals surface area contributed by atoms with E-state index in [4.69, 9.17) is 0 Å². The molecule has 0 aliphatic carbocycles. The van der Waals surface area contributed by atoms with Crippen LogP contribution in [-0.4, -0.2) is 89.7 Å². The van der Waals surface area contributed by atoms with Crippen LogP contribution in [0.15, 0.2) is 127 Å². The Hall–Kier alpha value is -6.73. The van der Waals surface area contributed by atoms with E-state index < -0.39 is 88.1 Å². The highest BCUT2D eigenvalue weighted by Crippen LogP contribution is 2.21. The molecular formula is C46H48N6O10S2. The lowest BCUT2D eigenvalue weighted by atomic mass is 9.99. The third-order valence-corrected chi connectivity index (χ3v) is 11.8. The summed E-state index contributed by atoms with van der Waals surface area (Å²) in [6.07, 6.45) is -2.46. The standard InChI is InChI=1S/C46H48N6O10S2/c53-40-27-41(54)49-39(26-35-12-7-23-63-35)45(58)52-38(25-30-13-18-33(19-14-30)32-10-5-2-6-11-32)44(57)50-36(22-17-29-8-3-1-4-9-29)43(56)51-37(42(55)47-28-64(60,61)62)24-31-15-20-34(21-16-31)48-46(40)59/h1-16,18-21,23,36-40,53H,17,22,24-28H2,(H,47,55)(H,48,59)(H,49,54)(H,50,57)(H,51,56)(H,52,58)(H,60,61,62)/t36-,37+,38+,39-,40-/m1/s1. The highest BCUT2D eigenvalue weighted by Gasteiger charge is 2.33. The molecule has 18 heteroatoms. The fourth-order valence-corrected chi connectivity index (χ4v) is 8.07. The molecule has 2 aliphatic rings. The Morgan fingerprint density at radius 2 is 1.25 bits per heavy atom. The number of carbonyl (C=O) groups is 6. The lowest BCUT2D eigenvalue weighted by Crippen LogP contribution is -2.59. The number of aryl methyl sites for hydroxylation is 1. The van der Waals surface area contributed by atoms with Gasteiger partial charge in [0.25, 0.3) is 16.0 Å². The van der Waals surface area contributed by atoms with Gasteiger partial charge in [0.15, 0.2) is 0 Å². The number of hydrogen-bond acceptors (Lipinski definition) is 10. The molecule has 8 N–H and O–H groups in total. The zero-order valence-electron chi connectivity index (χ0n) is 34.4. The lowest BCUT2D eigenvalue weighted by molar-refractivity contribution is -0.135. The number of thiophene rings is 1. The zero-order valence-corrected chi connectivity index (χ0v) is 36.1. The van der Waals surface area contributed by atoms with Gasteiger partial charge in [0.2, 0.25) is 29.5 Å². The molecule has 5 atom stereocenters. The van der Waals surface area contributed by atoms with Crippen molar-refractivity contribution in [2.75, 3.05) is 11.2 Å². The molecule has 0 radical (unpaired) electrons. The summed E-state index contributed by atoms with van der Waals surface area (Å²) in [6.45, 7) is 0. The second-order valence-corrected chi connectivity index (χ2v) is 17.7. The summed E-state index contributed by atoms with van der Waals surface area (Å²) >= 11 is 1.33. The van der Waals surface area contributed by atoms with Crippen LogP contribution in [-0.2, 0) is 64.6 Å². The average molecular weight is 909 g/mol. The first-order chi connectivity index (χ1) is 30.7. The number of anilines is 1. The molecular weight excluding hydrogens is 861 g/mol. The van der Waals surface area contributed by atoms with E-state index >= 15 is 0 Å². The molecule has 7 rings (SSSR count).